The Morgan fingerprint density at radius 2 is 1.94 bits per heavy atom. The molecule has 0 unspecified atom stereocenters. The van der Waals surface area contributed by atoms with Crippen LogP contribution < -0.4 is 0 Å². The number of aryl methyl sites for hydroxylation is 2. The lowest BCUT2D eigenvalue weighted by Crippen LogP contribution is -1.87. The molecule has 88 valence electrons. The predicted octanol–water partition coefficient (Wildman–Crippen LogP) is 4.64. The van der Waals surface area contributed by atoms with Gasteiger partial charge in [0.15, 0.2) is 5.82 Å². The number of hydrogen-bond acceptors (Lipinski definition) is 2. The minimum atomic E-state index is -0.388. The molecule has 0 aliphatic rings. The topological polar surface area (TPSA) is 12.9 Å². The molecule has 1 nitrogen and oxygen atoms in total. The summed E-state index contributed by atoms with van der Waals surface area (Å²) in [5.74, 6) is -0.388. The summed E-state index contributed by atoms with van der Waals surface area (Å²) >= 11 is 6.96. The van der Waals surface area contributed by atoms with Crippen molar-refractivity contribution in [2.45, 2.75) is 23.8 Å². The Labute approximate surface area is 109 Å². The molecular formula is C13H11ClFNS. The summed E-state index contributed by atoms with van der Waals surface area (Å²) in [7, 11) is 0. The summed E-state index contributed by atoms with van der Waals surface area (Å²) in [6.45, 7) is 4.08. The van der Waals surface area contributed by atoms with Crippen LogP contribution in [-0.2, 0) is 0 Å². The van der Waals surface area contributed by atoms with Gasteiger partial charge in [-0.2, -0.15) is 0 Å². The van der Waals surface area contributed by atoms with Crippen LogP contribution in [0.4, 0.5) is 4.39 Å². The molecule has 0 bridgehead atoms. The summed E-state index contributed by atoms with van der Waals surface area (Å²) in [5.41, 5.74) is 2.41. The molecule has 0 radical (unpaired) electrons. The van der Waals surface area contributed by atoms with Crippen LogP contribution in [-0.4, -0.2) is 4.98 Å². The van der Waals surface area contributed by atoms with E-state index in [1.807, 2.05) is 32.0 Å². The van der Waals surface area contributed by atoms with Gasteiger partial charge in [0, 0.05) is 11.1 Å². The van der Waals surface area contributed by atoms with Gasteiger partial charge < -0.3 is 0 Å². The van der Waals surface area contributed by atoms with Gasteiger partial charge in [0.1, 0.15) is 5.03 Å². The molecule has 0 atom stereocenters. The molecule has 17 heavy (non-hydrogen) atoms. The highest BCUT2D eigenvalue weighted by Crippen LogP contribution is 2.30. The molecular weight excluding hydrogens is 257 g/mol. The lowest BCUT2D eigenvalue weighted by atomic mass is 10.1. The van der Waals surface area contributed by atoms with Gasteiger partial charge in [-0.3, -0.25) is 0 Å². The highest BCUT2D eigenvalue weighted by Gasteiger charge is 2.07. The van der Waals surface area contributed by atoms with E-state index in [4.69, 9.17) is 11.6 Å². The van der Waals surface area contributed by atoms with Crippen molar-refractivity contribution in [2.24, 2.45) is 0 Å². The van der Waals surface area contributed by atoms with Gasteiger partial charge in [-0.25, -0.2) is 9.37 Å². The van der Waals surface area contributed by atoms with Gasteiger partial charge in [0.25, 0.3) is 0 Å². The molecule has 0 spiro atoms. The van der Waals surface area contributed by atoms with E-state index in [9.17, 15) is 4.39 Å². The molecule has 0 aliphatic heterocycles. The van der Waals surface area contributed by atoms with E-state index in [2.05, 4.69) is 4.98 Å². The van der Waals surface area contributed by atoms with E-state index in [-0.39, 0.29) is 5.82 Å². The number of pyridine rings is 1. The van der Waals surface area contributed by atoms with E-state index >= 15 is 0 Å². The first-order valence-electron chi connectivity index (χ1n) is 5.12. The highest BCUT2D eigenvalue weighted by atomic mass is 35.5. The van der Waals surface area contributed by atoms with Crippen molar-refractivity contribution in [3.8, 4) is 0 Å². The Morgan fingerprint density at radius 3 is 2.59 bits per heavy atom. The minimum Gasteiger partial charge on any atom is -0.245 e. The maximum atomic E-state index is 13.5. The molecule has 1 aromatic heterocycles. The van der Waals surface area contributed by atoms with Crippen LogP contribution in [0.15, 0.2) is 40.4 Å². The van der Waals surface area contributed by atoms with Gasteiger partial charge >= 0.3 is 0 Å². The van der Waals surface area contributed by atoms with Crippen LogP contribution in [0.5, 0.6) is 0 Å². The van der Waals surface area contributed by atoms with Gasteiger partial charge in [-0.1, -0.05) is 29.4 Å². The smallest absolute Gasteiger partial charge is 0.157 e. The maximum absolute atomic E-state index is 13.5. The number of nitrogens with zero attached hydrogens (tertiary/aromatic N) is 1. The van der Waals surface area contributed by atoms with Crippen molar-refractivity contribution in [2.75, 3.05) is 0 Å². The van der Waals surface area contributed by atoms with Crippen LogP contribution >= 0.6 is 23.4 Å². The normalized spacial score (nSPS) is 10.6. The zero-order valence-corrected chi connectivity index (χ0v) is 11.1. The van der Waals surface area contributed by atoms with Crippen molar-refractivity contribution in [1.29, 1.82) is 0 Å². The van der Waals surface area contributed by atoms with E-state index in [0.717, 1.165) is 4.90 Å². The number of halogens is 2. The molecule has 0 aliphatic carbocycles. The fraction of sp³-hybridized carbons (Fsp3) is 0.154. The van der Waals surface area contributed by atoms with Gasteiger partial charge in [0.2, 0.25) is 0 Å². The fourth-order valence-corrected chi connectivity index (χ4v) is 2.37. The Bertz CT molecular complexity index is 557. The number of aromatic nitrogens is 1. The van der Waals surface area contributed by atoms with Crippen molar-refractivity contribution in [3.05, 3.63) is 52.4 Å². The first-order chi connectivity index (χ1) is 8.06. The van der Waals surface area contributed by atoms with Gasteiger partial charge in [-0.15, -0.1) is 0 Å². The van der Waals surface area contributed by atoms with Crippen LogP contribution in [0.1, 0.15) is 11.1 Å². The lowest BCUT2D eigenvalue weighted by molar-refractivity contribution is 0.588. The third kappa shape index (κ3) is 2.99. The second-order valence-electron chi connectivity index (χ2n) is 3.79. The zero-order valence-electron chi connectivity index (χ0n) is 9.50. The largest absolute Gasteiger partial charge is 0.245 e. The summed E-state index contributed by atoms with van der Waals surface area (Å²) in [5, 5.41) is 0.657. The quantitative estimate of drug-likeness (QED) is 0.786. The lowest BCUT2D eigenvalue weighted by Gasteiger charge is -2.05. The van der Waals surface area contributed by atoms with Crippen molar-refractivity contribution >= 4 is 23.4 Å². The number of benzene rings is 1. The third-order valence-corrected chi connectivity index (χ3v) is 3.66. The fourth-order valence-electron chi connectivity index (χ4n) is 1.37. The number of rotatable bonds is 2. The Balaban J connectivity index is 2.28. The molecule has 0 fully saturated rings. The molecule has 0 saturated carbocycles. The molecule has 0 amide bonds. The second kappa shape index (κ2) is 5.07. The minimum absolute atomic E-state index is 0.312. The Hall–Kier alpha value is -1.06. The van der Waals surface area contributed by atoms with Crippen molar-refractivity contribution in [1.82, 2.24) is 4.98 Å². The van der Waals surface area contributed by atoms with Crippen LogP contribution in [0.25, 0.3) is 0 Å². The predicted molar refractivity (Wildman–Crippen MR) is 69.2 cm³/mol. The average Bonchev–Trinajstić information content (AvgIpc) is 2.27. The van der Waals surface area contributed by atoms with Crippen molar-refractivity contribution in [3.63, 3.8) is 0 Å². The molecule has 1 aromatic carbocycles. The van der Waals surface area contributed by atoms with E-state index in [1.54, 1.807) is 0 Å². The second-order valence-corrected chi connectivity index (χ2v) is 5.29. The SMILES string of the molecule is Cc1ccc(Sc2ncc(Cl)cc2F)cc1C. The number of hydrogen-bond donors (Lipinski definition) is 0. The van der Waals surface area contributed by atoms with Crippen LogP contribution in [0.3, 0.4) is 0 Å². The molecule has 0 N–H and O–H groups in total. The molecule has 1 heterocycles. The summed E-state index contributed by atoms with van der Waals surface area (Å²) in [4.78, 5) is 4.96. The van der Waals surface area contributed by atoms with Crippen LogP contribution in [0.2, 0.25) is 5.02 Å². The van der Waals surface area contributed by atoms with Crippen LogP contribution in [0, 0.1) is 19.7 Å². The first-order valence-corrected chi connectivity index (χ1v) is 6.32. The maximum Gasteiger partial charge on any atom is 0.157 e. The zero-order chi connectivity index (χ0) is 12.4. The highest BCUT2D eigenvalue weighted by molar-refractivity contribution is 7.99. The molecule has 0 saturated heterocycles. The van der Waals surface area contributed by atoms with E-state index < -0.39 is 0 Å². The summed E-state index contributed by atoms with van der Waals surface area (Å²) in [6.07, 6.45) is 1.45. The summed E-state index contributed by atoms with van der Waals surface area (Å²) in [6, 6.07) is 7.28. The Kier molecular flexibility index (Phi) is 3.69. The average molecular weight is 268 g/mol. The standard InChI is InChI=1S/C13H11ClFNS/c1-8-3-4-11(5-9(8)2)17-13-12(15)6-10(14)7-16-13/h3-7H,1-2H3. The van der Waals surface area contributed by atoms with E-state index in [0.29, 0.717) is 10.0 Å². The first kappa shape index (κ1) is 12.4. The molecule has 4 heteroatoms. The Morgan fingerprint density at radius 1 is 1.18 bits per heavy atom. The van der Waals surface area contributed by atoms with Crippen molar-refractivity contribution < 1.29 is 4.39 Å². The monoisotopic (exact) mass is 267 g/mol. The molecule has 2 rings (SSSR count). The summed E-state index contributed by atoms with van der Waals surface area (Å²) < 4.78 is 13.5. The third-order valence-electron chi connectivity index (χ3n) is 2.47. The van der Waals surface area contributed by atoms with Gasteiger partial charge in [0.05, 0.1) is 5.02 Å². The van der Waals surface area contributed by atoms with E-state index in [1.165, 1.54) is 35.2 Å². The molecule has 2 aromatic rings. The van der Waals surface area contributed by atoms with Gasteiger partial charge in [-0.05, 0) is 43.2 Å².